The van der Waals surface area contributed by atoms with E-state index >= 15 is 0 Å². The van der Waals surface area contributed by atoms with Gasteiger partial charge in [0.15, 0.2) is 119 Å². The quantitative estimate of drug-likeness (QED) is 0.0451. The molecular weight excluding hydrogens is 2010 g/mol. The van der Waals surface area contributed by atoms with Crippen molar-refractivity contribution in [2.24, 2.45) is 0 Å². The Morgan fingerprint density at radius 2 is 0.508 bits per heavy atom. The van der Waals surface area contributed by atoms with Gasteiger partial charge in [-0.3, -0.25) is 0 Å². The molecule has 0 radical (unpaired) electrons. The van der Waals surface area contributed by atoms with E-state index in [4.69, 9.17) is 78.2 Å². The van der Waals surface area contributed by atoms with Crippen molar-refractivity contribution in [2.75, 3.05) is 0 Å². The number of hydrogen-bond donors (Lipinski definition) is 0. The van der Waals surface area contributed by atoms with Gasteiger partial charge in [-0.15, -0.1) is 0 Å². The second-order valence-electron chi connectivity index (χ2n) is 46.4. The van der Waals surface area contributed by atoms with Crippen molar-refractivity contribution < 1.29 is 78.2 Å². The van der Waals surface area contributed by atoms with E-state index in [2.05, 4.69) is 403 Å². The summed E-state index contributed by atoms with van der Waals surface area (Å²) in [7, 11) is -40.9. The van der Waals surface area contributed by atoms with Crippen molar-refractivity contribution in [2.45, 2.75) is 450 Å². The lowest BCUT2D eigenvalue weighted by Gasteiger charge is -2.37. The van der Waals surface area contributed by atoms with E-state index in [0.29, 0.717) is 0 Å². The highest BCUT2D eigenvalue weighted by Crippen LogP contribution is 2.28. The maximum Gasteiger partial charge on any atom is 0.350 e. The molecule has 0 saturated carbocycles. The number of benzene rings is 2. The van der Waals surface area contributed by atoms with Crippen molar-refractivity contribution >= 4 is 237 Å². The van der Waals surface area contributed by atoms with Gasteiger partial charge in [-0.05, 0) is 362 Å². The molecule has 754 valence electrons. The fourth-order valence-corrected chi connectivity index (χ4v) is 99.4. The predicted molar refractivity (Wildman–Crippen MR) is 622 cm³/mol. The topological polar surface area (TPSA) is 175 Å². The van der Waals surface area contributed by atoms with Crippen molar-refractivity contribution in [1.82, 2.24) is 0 Å². The lowest BCUT2D eigenvalue weighted by Crippen LogP contribution is -2.59. The molecule has 0 aliphatic heterocycles. The summed E-state index contributed by atoms with van der Waals surface area (Å²) in [6.07, 6.45) is 16.0. The van der Waals surface area contributed by atoms with Crippen LogP contribution >= 0.6 is 0 Å². The molecule has 45 heteroatoms. The number of unbranched alkanes of at least 4 members (excludes halogenated alkanes) is 10. The molecule has 8 unspecified atom stereocenters. The summed E-state index contributed by atoms with van der Waals surface area (Å²) in [6.45, 7) is 119. The van der Waals surface area contributed by atoms with Gasteiger partial charge in [-0.1, -0.05) is 158 Å². The summed E-state index contributed by atoms with van der Waals surface area (Å²) in [4.78, 5) is 0. The van der Waals surface area contributed by atoms with Gasteiger partial charge in [-0.2, -0.15) is 0 Å². The lowest BCUT2D eigenvalue weighted by molar-refractivity contribution is 0.340. The Hall–Kier alpha value is 3.32. The molecule has 0 N–H and O–H groups in total. The van der Waals surface area contributed by atoms with Crippen LogP contribution in [0.1, 0.15) is 97.8 Å². The van der Waals surface area contributed by atoms with Crippen molar-refractivity contribution in [3.8, 4) is 0 Å². The second kappa shape index (κ2) is 64.7. The highest BCUT2D eigenvalue weighted by molar-refractivity contribution is 6.93. The largest absolute Gasteiger partial charge is 0.442 e. The molecule has 0 fully saturated rings. The van der Waals surface area contributed by atoms with Crippen LogP contribution in [0.5, 0.6) is 0 Å². The fourth-order valence-electron chi connectivity index (χ4n) is 13.5. The first-order valence-electron chi connectivity index (χ1n) is 48.2. The molecule has 2 aromatic rings. The minimum Gasteiger partial charge on any atom is -0.442 e. The molecular formula is C81H212O19Si26. The smallest absolute Gasteiger partial charge is 0.350 e. The van der Waals surface area contributed by atoms with Crippen LogP contribution in [0, 0.1) is 0 Å². The summed E-state index contributed by atoms with van der Waals surface area (Å²) in [6, 6.07) is 24.2. The first kappa shape index (κ1) is 138. The molecule has 126 heavy (non-hydrogen) atoms. The summed E-state index contributed by atoms with van der Waals surface area (Å²) in [5, 5.41) is 2.46. The van der Waals surface area contributed by atoms with Crippen LogP contribution < -0.4 is 10.4 Å². The standard InChI is InChI=1S/C16H42O3Si4.C14H30O3Si4.C14H38O3Si4.C12H24O2Si3.C9H28O3Si4.C8H26O3Si4.C8H24O2Si3/c1-10-11-12-13-14-15-16-23(9,19-22(6,7)8)18-20(2)17-21(3,4)5;1-18(15-19(2,3)4)16-21(8,17-20(5,6)7)14-12-10-9-11-13-14;1-8-9-10-11-12-13-14-21(7,16-19(4)5)17-20(6)15-18(2)3;1-16(2,3)13-15(14-17(4,5)6)12-10-8-7-9-11-12;1-13(10-14(2,3)4)11-16(8,9)12-15(5,6)7;1-12(2)9-13(3)10-15(7,8)11-14(4,5)6;1-8-11(9-12(2,3)4)10-13(5,6)7/h20H,10-16H2,1-9H3;9-13,18H,1-8H3;18-20H,8-14H2,1-7H3;7-11,15H,1-6H3;13H,1-9H3;12-13H,1-8H3;11H,8H2,1-7H3. The summed E-state index contributed by atoms with van der Waals surface area (Å²) in [5.74, 6) is 0. The van der Waals surface area contributed by atoms with E-state index in [9.17, 15) is 0 Å². The number of rotatable bonds is 55. The molecule has 19 nitrogen and oxygen atoms in total. The minimum absolute atomic E-state index is 0.956. The van der Waals surface area contributed by atoms with Gasteiger partial charge in [0.25, 0.3) is 46.4 Å². The molecule has 0 saturated heterocycles. The van der Waals surface area contributed by atoms with Gasteiger partial charge in [0, 0.05) is 0 Å². The third-order valence-corrected chi connectivity index (χ3v) is 94.2. The Morgan fingerprint density at radius 3 is 0.810 bits per heavy atom. The minimum atomic E-state index is -2.40. The van der Waals surface area contributed by atoms with E-state index in [1.807, 2.05) is 12.1 Å². The third kappa shape index (κ3) is 94.9. The first-order valence-corrected chi connectivity index (χ1v) is 121. The first-order chi connectivity index (χ1) is 56.2. The Morgan fingerprint density at radius 1 is 0.230 bits per heavy atom. The van der Waals surface area contributed by atoms with Crippen LogP contribution in [0.4, 0.5) is 0 Å². The zero-order valence-corrected chi connectivity index (χ0v) is 120. The van der Waals surface area contributed by atoms with Gasteiger partial charge in [0.05, 0.1) is 0 Å². The SMILES string of the molecule is CCCCCCCC[Si](C)(O[SiH](C)C)O[SiH](C)O[SiH](C)C.CCCCCCCC[Si](C)(O[SiH](C)O[Si](C)(C)C)O[Si](C)(C)C.CC[SiH](O[Si](C)(C)C)O[Si](C)(C)C.C[SiH](C)O[SiH](C)O[Si](C)(C)O[Si](C)(C)C.C[SiH](O[Si](C)(C)C)O[Si](C)(C)O[Si](C)(C)C.C[SiH](O[Si](C)(C)C)O[Si](C)(O[Si](C)(C)C)c1ccccc1.C[Si](C)(C)O[SiH](O[Si](C)(C)C)c1ccccc1. The Bertz CT molecular complexity index is 2970. The van der Waals surface area contributed by atoms with E-state index < -0.39 is 226 Å². The van der Waals surface area contributed by atoms with Crippen LogP contribution in [-0.4, -0.2) is 226 Å². The second-order valence-corrected chi connectivity index (χ2v) is 139. The summed E-state index contributed by atoms with van der Waals surface area (Å²) >= 11 is 0. The summed E-state index contributed by atoms with van der Waals surface area (Å²) in [5.41, 5.74) is 0. The monoisotopic (exact) mass is 2220 g/mol. The van der Waals surface area contributed by atoms with E-state index in [0.717, 1.165) is 18.1 Å². The maximum absolute atomic E-state index is 6.56. The summed E-state index contributed by atoms with van der Waals surface area (Å²) < 4.78 is 118. The normalized spacial score (nSPS) is 15.9. The average molecular weight is 2220 g/mol. The van der Waals surface area contributed by atoms with E-state index in [1.54, 1.807) is 0 Å². The zero-order chi connectivity index (χ0) is 100. The predicted octanol–water partition coefficient (Wildman–Crippen LogP) is 25.2. The Kier molecular flexibility index (Phi) is 70.7. The molecule has 0 bridgehead atoms. The van der Waals surface area contributed by atoms with Crippen LogP contribution in [0.2, 0.25) is 352 Å². The molecule has 0 amide bonds. The lowest BCUT2D eigenvalue weighted by atomic mass is 10.1. The molecule has 2 rings (SSSR count). The van der Waals surface area contributed by atoms with Gasteiger partial charge in [0.1, 0.15) is 0 Å². The molecule has 8 atom stereocenters. The van der Waals surface area contributed by atoms with Gasteiger partial charge >= 0.3 is 61.4 Å². The molecule has 2 aromatic carbocycles. The van der Waals surface area contributed by atoms with Gasteiger partial charge < -0.3 is 78.2 Å². The molecule has 0 aromatic heterocycles. The van der Waals surface area contributed by atoms with Crippen LogP contribution in [0.3, 0.4) is 0 Å². The molecule has 0 aliphatic rings. The molecule has 0 heterocycles. The van der Waals surface area contributed by atoms with Gasteiger partial charge in [0.2, 0.25) is 0 Å². The van der Waals surface area contributed by atoms with Crippen molar-refractivity contribution in [3.63, 3.8) is 0 Å². The van der Waals surface area contributed by atoms with Gasteiger partial charge in [-0.25, -0.2) is 0 Å². The Balaban J connectivity index is -0.000000455. The van der Waals surface area contributed by atoms with Crippen LogP contribution in [0.25, 0.3) is 0 Å². The van der Waals surface area contributed by atoms with Crippen LogP contribution in [0.15, 0.2) is 60.7 Å². The Labute approximate surface area is 817 Å². The average Bonchev–Trinajstić information content (AvgIpc) is 0.808. The number of hydrogen-bond acceptors (Lipinski definition) is 19. The van der Waals surface area contributed by atoms with E-state index in [1.165, 1.54) is 87.4 Å². The highest BCUT2D eigenvalue weighted by atomic mass is 28.5. The molecule has 0 aliphatic carbocycles. The molecule has 0 spiro atoms. The van der Waals surface area contributed by atoms with E-state index in [-0.39, 0.29) is 0 Å². The van der Waals surface area contributed by atoms with Crippen molar-refractivity contribution in [3.05, 3.63) is 60.7 Å². The highest BCUT2D eigenvalue weighted by Gasteiger charge is 2.44. The van der Waals surface area contributed by atoms with Crippen LogP contribution in [-0.2, 0) is 78.2 Å². The zero-order valence-electron chi connectivity index (χ0n) is 92.9. The van der Waals surface area contributed by atoms with Crippen molar-refractivity contribution in [1.29, 1.82) is 0 Å². The fraction of sp³-hybridized carbons (Fsp3) is 0.852. The maximum atomic E-state index is 6.56. The third-order valence-electron chi connectivity index (χ3n) is 15.8.